The van der Waals surface area contributed by atoms with Gasteiger partial charge in [0.25, 0.3) is 0 Å². The largest absolute Gasteiger partial charge is 0.494 e. The van der Waals surface area contributed by atoms with Gasteiger partial charge in [-0.25, -0.2) is 0 Å². The van der Waals surface area contributed by atoms with Crippen LogP contribution in [0.1, 0.15) is 58.3 Å². The van der Waals surface area contributed by atoms with Crippen LogP contribution in [0.25, 0.3) is 0 Å². The summed E-state index contributed by atoms with van der Waals surface area (Å²) in [5, 5.41) is 0. The van der Waals surface area contributed by atoms with Crippen LogP contribution in [0.15, 0.2) is 24.3 Å². The summed E-state index contributed by atoms with van der Waals surface area (Å²) in [6.45, 7) is 12.2. The summed E-state index contributed by atoms with van der Waals surface area (Å²) in [5.41, 5.74) is 0.907. The zero-order chi connectivity index (χ0) is 15.8. The highest BCUT2D eigenvalue weighted by atomic mass is 16.7. The van der Waals surface area contributed by atoms with Gasteiger partial charge in [0, 0.05) is 12.0 Å². The van der Waals surface area contributed by atoms with Crippen LogP contribution < -0.4 is 5.46 Å². The lowest BCUT2D eigenvalue weighted by Crippen LogP contribution is -2.41. The molecule has 0 unspecified atom stereocenters. The fourth-order valence-electron chi connectivity index (χ4n) is 2.33. The topological polar surface area (TPSA) is 35.5 Å². The van der Waals surface area contributed by atoms with Gasteiger partial charge in [-0.3, -0.25) is 4.79 Å². The van der Waals surface area contributed by atoms with E-state index in [1.807, 2.05) is 52.0 Å². The summed E-state index contributed by atoms with van der Waals surface area (Å²) in [5.74, 6) is 0.529. The van der Waals surface area contributed by atoms with Crippen LogP contribution in [0.4, 0.5) is 0 Å². The van der Waals surface area contributed by atoms with E-state index in [0.29, 0.717) is 12.3 Å². The molecule has 0 bridgehead atoms. The molecule has 1 heterocycles. The second-order valence-corrected chi connectivity index (χ2v) is 7.23. The number of rotatable bonds is 4. The maximum atomic E-state index is 12.2. The monoisotopic (exact) mass is 288 g/mol. The van der Waals surface area contributed by atoms with E-state index in [2.05, 4.69) is 13.8 Å². The van der Waals surface area contributed by atoms with E-state index in [1.54, 1.807) is 0 Å². The molecule has 1 aromatic carbocycles. The van der Waals surface area contributed by atoms with Gasteiger partial charge in [-0.1, -0.05) is 38.1 Å². The Balaban J connectivity index is 2.21. The summed E-state index contributed by atoms with van der Waals surface area (Å²) >= 11 is 0. The molecule has 1 fully saturated rings. The number of hydrogen-bond donors (Lipinski definition) is 0. The highest BCUT2D eigenvalue weighted by molar-refractivity contribution is 6.62. The molecule has 0 spiro atoms. The Hall–Kier alpha value is -1.13. The van der Waals surface area contributed by atoms with Gasteiger partial charge in [-0.2, -0.15) is 0 Å². The van der Waals surface area contributed by atoms with Gasteiger partial charge in [0.1, 0.15) is 0 Å². The summed E-state index contributed by atoms with van der Waals surface area (Å²) < 4.78 is 12.1. The summed E-state index contributed by atoms with van der Waals surface area (Å²) in [6.07, 6.45) is 0.562. The van der Waals surface area contributed by atoms with E-state index < -0.39 is 7.12 Å². The van der Waals surface area contributed by atoms with Gasteiger partial charge >= 0.3 is 7.12 Å². The molecule has 1 aromatic rings. The van der Waals surface area contributed by atoms with Crippen molar-refractivity contribution in [3.05, 3.63) is 29.8 Å². The molecule has 1 saturated heterocycles. The fourth-order valence-corrected chi connectivity index (χ4v) is 2.33. The van der Waals surface area contributed by atoms with Crippen molar-refractivity contribution in [2.45, 2.75) is 59.2 Å². The predicted octanol–water partition coefficient (Wildman–Crippen LogP) is 3.21. The molecule has 0 radical (unpaired) electrons. The van der Waals surface area contributed by atoms with Crippen molar-refractivity contribution in [2.75, 3.05) is 0 Å². The summed E-state index contributed by atoms with van der Waals surface area (Å²) in [6, 6.07) is 7.61. The molecule has 21 heavy (non-hydrogen) atoms. The van der Waals surface area contributed by atoms with Crippen molar-refractivity contribution in [2.24, 2.45) is 5.92 Å². The SMILES string of the molecule is CC(C)CC(=O)c1cccc(B2OC(C)(C)C(C)(C)O2)c1. The smallest absolute Gasteiger partial charge is 0.399 e. The molecule has 114 valence electrons. The molecular formula is C17H25BO3. The first-order valence-electron chi connectivity index (χ1n) is 7.61. The van der Waals surface area contributed by atoms with Crippen molar-refractivity contribution in [3.8, 4) is 0 Å². The van der Waals surface area contributed by atoms with Crippen LogP contribution in [-0.4, -0.2) is 24.1 Å². The Morgan fingerprint density at radius 2 is 1.71 bits per heavy atom. The second-order valence-electron chi connectivity index (χ2n) is 7.23. The number of ketones is 1. The van der Waals surface area contributed by atoms with Crippen molar-refractivity contribution >= 4 is 18.4 Å². The van der Waals surface area contributed by atoms with E-state index in [1.165, 1.54) is 0 Å². The number of Topliss-reactive ketones (excluding diaryl/α,β-unsaturated/α-hetero) is 1. The Bertz CT molecular complexity index is 519. The van der Waals surface area contributed by atoms with Crippen molar-refractivity contribution in [1.29, 1.82) is 0 Å². The number of hydrogen-bond acceptors (Lipinski definition) is 3. The van der Waals surface area contributed by atoms with Crippen LogP contribution in [0, 0.1) is 5.92 Å². The third kappa shape index (κ3) is 3.38. The van der Waals surface area contributed by atoms with Gasteiger partial charge in [0.15, 0.2) is 5.78 Å². The van der Waals surface area contributed by atoms with Crippen molar-refractivity contribution < 1.29 is 14.1 Å². The first-order chi connectivity index (χ1) is 9.62. The molecule has 1 aliphatic heterocycles. The predicted molar refractivity (Wildman–Crippen MR) is 85.9 cm³/mol. The Morgan fingerprint density at radius 1 is 1.14 bits per heavy atom. The van der Waals surface area contributed by atoms with Crippen LogP contribution in [0.5, 0.6) is 0 Å². The quantitative estimate of drug-likeness (QED) is 0.630. The molecular weight excluding hydrogens is 263 g/mol. The lowest BCUT2D eigenvalue weighted by Gasteiger charge is -2.32. The molecule has 1 aliphatic rings. The van der Waals surface area contributed by atoms with Gasteiger partial charge in [-0.05, 0) is 39.1 Å². The number of carbonyl (C=O) groups excluding carboxylic acids is 1. The summed E-state index contributed by atoms with van der Waals surface area (Å²) in [7, 11) is -0.415. The van der Waals surface area contributed by atoms with Crippen molar-refractivity contribution in [1.82, 2.24) is 0 Å². The molecule has 0 N–H and O–H groups in total. The van der Waals surface area contributed by atoms with Gasteiger partial charge < -0.3 is 9.31 Å². The number of carbonyl (C=O) groups is 1. The molecule has 4 heteroatoms. The Kier molecular flexibility index (Phi) is 4.32. The van der Waals surface area contributed by atoms with E-state index >= 15 is 0 Å². The molecule has 0 atom stereocenters. The third-order valence-corrected chi connectivity index (χ3v) is 4.33. The first kappa shape index (κ1) is 16.2. The van der Waals surface area contributed by atoms with Gasteiger partial charge in [0.2, 0.25) is 0 Å². The minimum absolute atomic E-state index is 0.170. The normalized spacial score (nSPS) is 20.0. The average molecular weight is 288 g/mol. The molecule has 0 aromatic heterocycles. The highest BCUT2D eigenvalue weighted by Gasteiger charge is 2.51. The zero-order valence-electron chi connectivity index (χ0n) is 13.9. The highest BCUT2D eigenvalue weighted by Crippen LogP contribution is 2.36. The lowest BCUT2D eigenvalue weighted by atomic mass is 9.78. The molecule has 0 saturated carbocycles. The van der Waals surface area contributed by atoms with Gasteiger partial charge in [-0.15, -0.1) is 0 Å². The van der Waals surface area contributed by atoms with E-state index in [9.17, 15) is 4.79 Å². The minimum Gasteiger partial charge on any atom is -0.399 e. The molecule has 0 aliphatic carbocycles. The zero-order valence-corrected chi connectivity index (χ0v) is 13.9. The van der Waals surface area contributed by atoms with Crippen molar-refractivity contribution in [3.63, 3.8) is 0 Å². The molecule has 0 amide bonds. The van der Waals surface area contributed by atoms with Crippen LogP contribution in [-0.2, 0) is 9.31 Å². The van der Waals surface area contributed by atoms with E-state index in [4.69, 9.17) is 9.31 Å². The van der Waals surface area contributed by atoms with Crippen LogP contribution in [0.3, 0.4) is 0 Å². The van der Waals surface area contributed by atoms with E-state index in [0.717, 1.165) is 11.0 Å². The maximum absolute atomic E-state index is 12.2. The fraction of sp³-hybridized carbons (Fsp3) is 0.588. The van der Waals surface area contributed by atoms with Crippen LogP contribution >= 0.6 is 0 Å². The number of benzene rings is 1. The minimum atomic E-state index is -0.415. The maximum Gasteiger partial charge on any atom is 0.494 e. The second kappa shape index (κ2) is 5.58. The average Bonchev–Trinajstić information content (AvgIpc) is 2.58. The molecule has 3 nitrogen and oxygen atoms in total. The standard InChI is InChI=1S/C17H25BO3/c1-12(2)10-15(19)13-8-7-9-14(11-13)18-20-16(3,4)17(5,6)21-18/h7-9,11-12H,10H2,1-6H3. The summed E-state index contributed by atoms with van der Waals surface area (Å²) in [4.78, 5) is 12.2. The van der Waals surface area contributed by atoms with E-state index in [-0.39, 0.29) is 17.0 Å². The van der Waals surface area contributed by atoms with Crippen LogP contribution in [0.2, 0.25) is 0 Å². The Morgan fingerprint density at radius 3 is 2.24 bits per heavy atom. The van der Waals surface area contributed by atoms with Gasteiger partial charge in [0.05, 0.1) is 11.2 Å². The third-order valence-electron chi connectivity index (χ3n) is 4.33. The molecule has 2 rings (SSSR count). The lowest BCUT2D eigenvalue weighted by molar-refractivity contribution is 0.00578. The Labute approximate surface area is 128 Å². The first-order valence-corrected chi connectivity index (χ1v) is 7.61.